The van der Waals surface area contributed by atoms with Crippen molar-refractivity contribution in [2.45, 2.75) is 90.9 Å². The van der Waals surface area contributed by atoms with Crippen LogP contribution in [0.25, 0.3) is 0 Å². The van der Waals surface area contributed by atoms with Crippen molar-refractivity contribution in [3.63, 3.8) is 0 Å². The predicted molar refractivity (Wildman–Crippen MR) is 110 cm³/mol. The number of phenols is 1. The van der Waals surface area contributed by atoms with Crippen molar-refractivity contribution < 1.29 is 5.11 Å². The van der Waals surface area contributed by atoms with Crippen molar-refractivity contribution in [3.05, 3.63) is 40.5 Å². The first-order valence-corrected chi connectivity index (χ1v) is 11.1. The molecule has 2 fully saturated rings. The van der Waals surface area contributed by atoms with Crippen molar-refractivity contribution in [1.82, 2.24) is 0 Å². The topological polar surface area (TPSA) is 20.2 Å². The van der Waals surface area contributed by atoms with Gasteiger partial charge in [0.1, 0.15) is 5.75 Å². The average Bonchev–Trinajstić information content (AvgIpc) is 2.98. The molecule has 3 aliphatic rings. The highest BCUT2D eigenvalue weighted by molar-refractivity contribution is 5.41. The fraction of sp³-hybridized carbons (Fsp3) is 0.680. The third-order valence-corrected chi connectivity index (χ3v) is 8.16. The van der Waals surface area contributed by atoms with Crippen molar-refractivity contribution in [3.8, 4) is 5.75 Å². The van der Waals surface area contributed by atoms with Crippen LogP contribution in [0.4, 0.5) is 0 Å². The van der Waals surface area contributed by atoms with Crippen LogP contribution in [0.3, 0.4) is 0 Å². The zero-order chi connectivity index (χ0) is 18.3. The average molecular weight is 353 g/mol. The zero-order valence-electron chi connectivity index (χ0n) is 17.0. The molecule has 0 unspecified atom stereocenters. The molecule has 0 heterocycles. The van der Waals surface area contributed by atoms with Crippen molar-refractivity contribution in [1.29, 1.82) is 0 Å². The van der Waals surface area contributed by atoms with Crippen molar-refractivity contribution in [2.24, 2.45) is 17.3 Å². The summed E-state index contributed by atoms with van der Waals surface area (Å²) >= 11 is 0. The highest BCUT2D eigenvalue weighted by atomic mass is 16.3. The number of unbranched alkanes of at least 4 members (excludes halogenated alkanes) is 2. The second-order valence-electron chi connectivity index (χ2n) is 9.51. The van der Waals surface area contributed by atoms with Crippen LogP contribution in [-0.2, 0) is 6.42 Å². The highest BCUT2D eigenvalue weighted by Crippen LogP contribution is 2.63. The van der Waals surface area contributed by atoms with Crippen LogP contribution in [0.2, 0.25) is 0 Å². The second-order valence-corrected chi connectivity index (χ2v) is 9.51. The Labute approximate surface area is 159 Å². The van der Waals surface area contributed by atoms with Gasteiger partial charge in [0, 0.05) is 0 Å². The number of benzene rings is 1. The minimum Gasteiger partial charge on any atom is -0.508 e. The molecule has 1 aromatic rings. The molecule has 1 N–H and O–H groups in total. The summed E-state index contributed by atoms with van der Waals surface area (Å²) in [6, 6.07) is 6.16. The molecular formula is C25H36O. The zero-order valence-corrected chi connectivity index (χ0v) is 17.0. The van der Waals surface area contributed by atoms with Gasteiger partial charge in [0.25, 0.3) is 0 Å². The molecule has 4 atom stereocenters. The van der Waals surface area contributed by atoms with E-state index in [1.165, 1.54) is 63.4 Å². The summed E-state index contributed by atoms with van der Waals surface area (Å²) in [7, 11) is 0. The fourth-order valence-electron chi connectivity index (χ4n) is 6.87. The number of hydrogen-bond acceptors (Lipinski definition) is 1. The summed E-state index contributed by atoms with van der Waals surface area (Å²) in [5.41, 5.74) is 7.00. The van der Waals surface area contributed by atoms with E-state index in [0.717, 1.165) is 24.2 Å². The van der Waals surface area contributed by atoms with E-state index in [-0.39, 0.29) is 0 Å². The molecule has 0 amide bonds. The van der Waals surface area contributed by atoms with Crippen molar-refractivity contribution in [2.75, 3.05) is 0 Å². The van der Waals surface area contributed by atoms with E-state index in [9.17, 15) is 5.11 Å². The number of phenolic OH excluding ortho intramolecular Hbond substituents is 1. The van der Waals surface area contributed by atoms with E-state index in [0.29, 0.717) is 11.2 Å². The monoisotopic (exact) mass is 352 g/mol. The lowest BCUT2D eigenvalue weighted by Gasteiger charge is -2.50. The lowest BCUT2D eigenvalue weighted by Crippen LogP contribution is -2.40. The molecule has 26 heavy (non-hydrogen) atoms. The first-order valence-electron chi connectivity index (χ1n) is 11.1. The number of aryl methyl sites for hydroxylation is 1. The molecule has 0 bridgehead atoms. The summed E-state index contributed by atoms with van der Waals surface area (Å²) in [5, 5.41) is 9.85. The SMILES string of the molecule is CCCCC/C(C)=C1/CC[C@H]2[C@@H]3CCc4cc(O)ccc4[C@H]3CC[C@]12C. The van der Waals surface area contributed by atoms with E-state index in [1.807, 2.05) is 17.7 Å². The van der Waals surface area contributed by atoms with Gasteiger partial charge in [-0.25, -0.2) is 0 Å². The number of allylic oxidation sites excluding steroid dienone is 2. The molecule has 142 valence electrons. The van der Waals surface area contributed by atoms with Gasteiger partial charge in [-0.05, 0) is 105 Å². The maximum absolute atomic E-state index is 9.85. The van der Waals surface area contributed by atoms with Gasteiger partial charge < -0.3 is 5.11 Å². The first-order chi connectivity index (χ1) is 12.5. The molecule has 1 heteroatoms. The Balaban J connectivity index is 1.59. The quantitative estimate of drug-likeness (QED) is 0.451. The highest BCUT2D eigenvalue weighted by Gasteiger charge is 2.52. The summed E-state index contributed by atoms with van der Waals surface area (Å²) in [6.45, 7) is 7.34. The standard InChI is InChI=1S/C25H36O/c1-4-5-6-7-17(2)23-12-13-24-22-10-8-18-16-19(26)9-11-20(18)21(22)14-15-25(23,24)3/h9,11,16,21-22,24,26H,4-8,10,12-15H2,1-3H3/b23-17-/t21-,22-,24+,25-/m1/s1. The van der Waals surface area contributed by atoms with Gasteiger partial charge in [0.05, 0.1) is 0 Å². The lowest BCUT2D eigenvalue weighted by molar-refractivity contribution is 0.0807. The number of hydrogen-bond donors (Lipinski definition) is 1. The molecule has 1 nitrogen and oxygen atoms in total. The summed E-state index contributed by atoms with van der Waals surface area (Å²) < 4.78 is 0. The predicted octanol–water partition coefficient (Wildman–Crippen LogP) is 7.15. The van der Waals surface area contributed by atoms with Gasteiger partial charge in [-0.3, -0.25) is 0 Å². The molecule has 0 aromatic heterocycles. The maximum atomic E-state index is 9.85. The molecule has 0 spiro atoms. The van der Waals surface area contributed by atoms with Gasteiger partial charge in [0.2, 0.25) is 0 Å². The van der Waals surface area contributed by atoms with Gasteiger partial charge in [0.15, 0.2) is 0 Å². The summed E-state index contributed by atoms with van der Waals surface area (Å²) in [5.74, 6) is 2.90. The maximum Gasteiger partial charge on any atom is 0.115 e. The Hall–Kier alpha value is -1.24. The Bertz CT molecular complexity index is 700. The van der Waals surface area contributed by atoms with Crippen LogP contribution >= 0.6 is 0 Å². The van der Waals surface area contributed by atoms with Gasteiger partial charge in [-0.2, -0.15) is 0 Å². The van der Waals surface area contributed by atoms with E-state index in [2.05, 4.69) is 26.8 Å². The van der Waals surface area contributed by atoms with Gasteiger partial charge >= 0.3 is 0 Å². The third-order valence-electron chi connectivity index (χ3n) is 8.16. The molecule has 1 aromatic carbocycles. The van der Waals surface area contributed by atoms with Crippen LogP contribution in [0.15, 0.2) is 29.3 Å². The molecule has 0 aliphatic heterocycles. The van der Waals surface area contributed by atoms with Crippen LogP contribution in [-0.4, -0.2) is 5.11 Å². The Morgan fingerprint density at radius 2 is 2.00 bits per heavy atom. The van der Waals surface area contributed by atoms with E-state index >= 15 is 0 Å². The lowest BCUT2D eigenvalue weighted by atomic mass is 9.55. The summed E-state index contributed by atoms with van der Waals surface area (Å²) in [6.07, 6.45) is 13.3. The van der Waals surface area contributed by atoms with Crippen LogP contribution in [0, 0.1) is 17.3 Å². The first kappa shape index (κ1) is 18.1. The van der Waals surface area contributed by atoms with E-state index in [1.54, 1.807) is 11.1 Å². The molecule has 0 radical (unpaired) electrons. The molecule has 0 saturated heterocycles. The Morgan fingerprint density at radius 1 is 1.15 bits per heavy atom. The smallest absolute Gasteiger partial charge is 0.115 e. The summed E-state index contributed by atoms with van der Waals surface area (Å²) in [4.78, 5) is 0. The molecule has 3 aliphatic carbocycles. The van der Waals surface area contributed by atoms with Gasteiger partial charge in [-0.15, -0.1) is 0 Å². The molecular weight excluding hydrogens is 316 g/mol. The van der Waals surface area contributed by atoms with E-state index in [4.69, 9.17) is 0 Å². The largest absolute Gasteiger partial charge is 0.508 e. The third kappa shape index (κ3) is 2.92. The number of fused-ring (bicyclic) bond motifs is 5. The van der Waals surface area contributed by atoms with Gasteiger partial charge in [-0.1, -0.05) is 43.9 Å². The second kappa shape index (κ2) is 7.06. The normalized spacial score (nSPS) is 34.8. The Kier molecular flexibility index (Phi) is 4.92. The minimum absolute atomic E-state index is 0.441. The van der Waals surface area contributed by atoms with Crippen molar-refractivity contribution >= 4 is 0 Å². The molecule has 2 saturated carbocycles. The van der Waals surface area contributed by atoms with E-state index < -0.39 is 0 Å². The number of rotatable bonds is 4. The number of aromatic hydroxyl groups is 1. The Morgan fingerprint density at radius 3 is 2.81 bits per heavy atom. The molecule has 4 rings (SSSR count). The van der Waals surface area contributed by atoms with Crippen LogP contribution < -0.4 is 0 Å². The fourth-order valence-corrected chi connectivity index (χ4v) is 6.87. The minimum atomic E-state index is 0.441. The van der Waals surface area contributed by atoms with Crippen LogP contribution in [0.1, 0.15) is 95.6 Å². The van der Waals surface area contributed by atoms with Crippen LogP contribution in [0.5, 0.6) is 5.75 Å².